The zero-order chi connectivity index (χ0) is 24.8. The van der Waals surface area contributed by atoms with Gasteiger partial charge in [-0.05, 0) is 25.2 Å². The van der Waals surface area contributed by atoms with E-state index in [1.807, 2.05) is 0 Å². The van der Waals surface area contributed by atoms with Crippen molar-refractivity contribution < 1.29 is 34.2 Å². The van der Waals surface area contributed by atoms with E-state index in [0.29, 0.717) is 19.3 Å². The first-order valence-electron chi connectivity index (χ1n) is 10.2. The van der Waals surface area contributed by atoms with E-state index in [2.05, 4.69) is 10.3 Å². The summed E-state index contributed by atoms with van der Waals surface area (Å²) in [6.45, 7) is 3.38. The first-order valence-corrected chi connectivity index (χ1v) is 10.2. The molecule has 0 aliphatic rings. The number of carboxylic acids is 2. The Balaban J connectivity index is 5.20. The topological polar surface area (TPSA) is 231 Å². The number of carbonyl (C=O) groups excluding carboxylic acids is 3. The molecule has 13 nitrogen and oxygen atoms in total. The van der Waals surface area contributed by atoms with Crippen molar-refractivity contribution in [2.24, 2.45) is 28.1 Å². The number of Topliss-reactive ketones (excluding diaryl/α,β-unsaturated/α-hetero) is 1. The number of hydrogen-bond acceptors (Lipinski definition) is 7. The largest absolute Gasteiger partial charge is 0.481 e. The number of nitrogens with one attached hydrogen (secondary N) is 1. The van der Waals surface area contributed by atoms with Gasteiger partial charge in [-0.15, -0.1) is 0 Å². The molecule has 0 aliphatic heterocycles. The van der Waals surface area contributed by atoms with E-state index in [-0.39, 0.29) is 37.7 Å². The number of carboxylic acid groups (broad SMARTS) is 2. The number of aliphatic imine (C=N–C) groups is 1. The maximum absolute atomic E-state index is 12.7. The number of guanidine groups is 1. The molecule has 0 unspecified atom stereocenters. The van der Waals surface area contributed by atoms with Crippen molar-refractivity contribution in [1.82, 2.24) is 10.2 Å². The van der Waals surface area contributed by atoms with Crippen LogP contribution in [0.1, 0.15) is 46.0 Å². The molecule has 0 spiro atoms. The first kappa shape index (κ1) is 28.8. The molecule has 182 valence electrons. The fourth-order valence-electron chi connectivity index (χ4n) is 3.17. The summed E-state index contributed by atoms with van der Waals surface area (Å²) in [4.78, 5) is 63.4. The van der Waals surface area contributed by atoms with Crippen molar-refractivity contribution in [3.8, 4) is 0 Å². The van der Waals surface area contributed by atoms with E-state index in [1.165, 1.54) is 0 Å². The highest BCUT2D eigenvalue weighted by Crippen LogP contribution is 2.15. The van der Waals surface area contributed by atoms with Crippen LogP contribution in [0.2, 0.25) is 0 Å². The fraction of sp³-hybridized carbons (Fsp3) is 0.684. The second-order valence-electron chi connectivity index (χ2n) is 7.62. The van der Waals surface area contributed by atoms with Gasteiger partial charge in [0.05, 0.1) is 18.5 Å². The third-order valence-corrected chi connectivity index (χ3v) is 4.64. The maximum atomic E-state index is 12.7. The number of carbonyl (C=O) groups is 5. The summed E-state index contributed by atoms with van der Waals surface area (Å²) in [6, 6.07) is -3.43. The van der Waals surface area contributed by atoms with Gasteiger partial charge in [0.1, 0.15) is 6.04 Å². The number of nitrogens with two attached hydrogens (primary N) is 3. The second-order valence-corrected chi connectivity index (χ2v) is 7.62. The minimum atomic E-state index is -1.41. The second kappa shape index (κ2) is 14.7. The van der Waals surface area contributed by atoms with Crippen LogP contribution in [-0.4, -0.2) is 82.3 Å². The highest BCUT2D eigenvalue weighted by Gasteiger charge is 2.35. The van der Waals surface area contributed by atoms with Gasteiger partial charge in [-0.1, -0.05) is 13.8 Å². The van der Waals surface area contributed by atoms with Gasteiger partial charge in [-0.2, -0.15) is 0 Å². The van der Waals surface area contributed by atoms with Gasteiger partial charge in [-0.25, -0.2) is 4.79 Å². The van der Waals surface area contributed by atoms with Crippen molar-refractivity contribution in [2.75, 3.05) is 13.1 Å². The molecule has 0 aromatic carbocycles. The molecule has 0 aliphatic carbocycles. The average molecular weight is 459 g/mol. The van der Waals surface area contributed by atoms with Crippen LogP contribution in [0.15, 0.2) is 4.99 Å². The van der Waals surface area contributed by atoms with Crippen LogP contribution in [-0.2, 0) is 24.0 Å². The van der Waals surface area contributed by atoms with Crippen LogP contribution >= 0.6 is 0 Å². The Labute approximate surface area is 186 Å². The Morgan fingerprint density at radius 3 is 2.22 bits per heavy atom. The number of nitrogens with zero attached hydrogens (tertiary/aromatic N) is 2. The molecule has 0 aromatic heterocycles. The fourth-order valence-corrected chi connectivity index (χ4v) is 3.17. The third kappa shape index (κ3) is 10.7. The van der Waals surface area contributed by atoms with Crippen molar-refractivity contribution in [1.29, 1.82) is 0 Å². The summed E-state index contributed by atoms with van der Waals surface area (Å²) >= 11 is 0. The Bertz CT molecular complexity index is 694. The predicted molar refractivity (Wildman–Crippen MR) is 115 cm³/mol. The quantitative estimate of drug-likeness (QED) is 0.0622. The molecule has 3 atom stereocenters. The van der Waals surface area contributed by atoms with Crippen LogP contribution < -0.4 is 22.5 Å². The molecule has 9 N–H and O–H groups in total. The van der Waals surface area contributed by atoms with Crippen molar-refractivity contribution in [2.45, 2.75) is 64.1 Å². The Hall–Kier alpha value is -3.22. The minimum Gasteiger partial charge on any atom is -0.481 e. The van der Waals surface area contributed by atoms with Crippen molar-refractivity contribution in [3.05, 3.63) is 0 Å². The Morgan fingerprint density at radius 2 is 1.75 bits per heavy atom. The van der Waals surface area contributed by atoms with Crippen LogP contribution in [0.25, 0.3) is 0 Å². The Kier molecular flexibility index (Phi) is 13.2. The zero-order valence-electron chi connectivity index (χ0n) is 18.4. The zero-order valence-corrected chi connectivity index (χ0v) is 18.4. The van der Waals surface area contributed by atoms with Gasteiger partial charge in [0, 0.05) is 19.5 Å². The van der Waals surface area contributed by atoms with Crippen LogP contribution in [0.3, 0.4) is 0 Å². The average Bonchev–Trinajstić information content (AvgIpc) is 2.67. The minimum absolute atomic E-state index is 0.0455. The summed E-state index contributed by atoms with van der Waals surface area (Å²) < 4.78 is 0. The number of rotatable bonds is 17. The molecule has 13 heteroatoms. The van der Waals surface area contributed by atoms with Crippen LogP contribution in [0, 0.1) is 5.92 Å². The number of aliphatic carboxylic acids is 2. The van der Waals surface area contributed by atoms with Gasteiger partial charge < -0.3 is 37.6 Å². The number of hydrogen-bond donors (Lipinski definition) is 6. The van der Waals surface area contributed by atoms with Gasteiger partial charge in [0.2, 0.25) is 12.3 Å². The third-order valence-electron chi connectivity index (χ3n) is 4.64. The number of amides is 2. The molecular formula is C19H34N6O7. The highest BCUT2D eigenvalue weighted by molar-refractivity contribution is 5.90. The van der Waals surface area contributed by atoms with Gasteiger partial charge in [-0.3, -0.25) is 24.2 Å². The van der Waals surface area contributed by atoms with Gasteiger partial charge in [0.25, 0.3) is 0 Å². The SMILES string of the molecule is CC(C)[C@@H](C(=O)O)N(CCCC(=O)[C@H](CCCN=C(N)N)NC=O)C(=O)[C@@H](N)CC(=O)O. The molecule has 0 radical (unpaired) electrons. The van der Waals surface area contributed by atoms with Crippen molar-refractivity contribution >= 4 is 36.0 Å². The molecule has 0 rings (SSSR count). The molecule has 32 heavy (non-hydrogen) atoms. The van der Waals surface area contributed by atoms with E-state index in [1.54, 1.807) is 13.8 Å². The van der Waals surface area contributed by atoms with Gasteiger partial charge in [0.15, 0.2) is 11.7 Å². The first-order chi connectivity index (χ1) is 14.9. The predicted octanol–water partition coefficient (Wildman–Crippen LogP) is -1.76. The molecule has 0 saturated carbocycles. The van der Waals surface area contributed by atoms with E-state index in [4.69, 9.17) is 22.3 Å². The molecule has 0 aromatic rings. The molecule has 0 fully saturated rings. The smallest absolute Gasteiger partial charge is 0.326 e. The lowest BCUT2D eigenvalue weighted by atomic mass is 9.99. The molecule has 2 amide bonds. The van der Waals surface area contributed by atoms with Crippen LogP contribution in [0.4, 0.5) is 0 Å². The number of ketones is 1. The monoisotopic (exact) mass is 458 g/mol. The van der Waals surface area contributed by atoms with Crippen molar-refractivity contribution in [3.63, 3.8) is 0 Å². The summed E-state index contributed by atoms with van der Waals surface area (Å²) in [5.74, 6) is -4.24. The highest BCUT2D eigenvalue weighted by atomic mass is 16.4. The van der Waals surface area contributed by atoms with E-state index in [9.17, 15) is 29.1 Å². The Morgan fingerprint density at radius 1 is 1.12 bits per heavy atom. The van der Waals surface area contributed by atoms with E-state index in [0.717, 1.165) is 4.90 Å². The summed E-state index contributed by atoms with van der Waals surface area (Å²) in [5.41, 5.74) is 16.1. The lowest BCUT2D eigenvalue weighted by Crippen LogP contribution is -2.54. The maximum Gasteiger partial charge on any atom is 0.326 e. The molecule has 0 bridgehead atoms. The lowest BCUT2D eigenvalue weighted by Gasteiger charge is -2.33. The normalized spacial score (nSPS) is 13.5. The van der Waals surface area contributed by atoms with Crippen LogP contribution in [0.5, 0.6) is 0 Å². The molecule has 0 heterocycles. The molecular weight excluding hydrogens is 424 g/mol. The lowest BCUT2D eigenvalue weighted by molar-refractivity contribution is -0.153. The van der Waals surface area contributed by atoms with E-state index >= 15 is 0 Å². The van der Waals surface area contributed by atoms with E-state index < -0.39 is 48.3 Å². The summed E-state index contributed by atoms with van der Waals surface area (Å²) in [7, 11) is 0. The summed E-state index contributed by atoms with van der Waals surface area (Å²) in [5, 5.41) is 20.9. The standard InChI is InChI=1S/C19H34N6O7/c1-11(2)16(18(31)32)25(17(30)12(20)9-15(28)29)8-4-6-14(27)13(24-10-26)5-3-7-23-19(21)22/h10-13,16H,3-9,20H2,1-2H3,(H,24,26)(H,28,29)(H,31,32)(H4,21,22,23)/t12-,13-,16-/m0/s1. The summed E-state index contributed by atoms with van der Waals surface area (Å²) in [6.07, 6.45) is 0.549. The van der Waals surface area contributed by atoms with Gasteiger partial charge >= 0.3 is 11.9 Å². The molecule has 0 saturated heterocycles.